The number of hydrogen-bond donors (Lipinski definition) is 2. The van der Waals surface area contributed by atoms with Crippen LogP contribution in [-0.4, -0.2) is 10.2 Å². The van der Waals surface area contributed by atoms with Crippen molar-refractivity contribution < 1.29 is 19.6 Å². The summed E-state index contributed by atoms with van der Waals surface area (Å²) < 4.78 is 13.1. The number of para-hydroxylation sites is 1. The van der Waals surface area contributed by atoms with Crippen LogP contribution in [0, 0.1) is 12.1 Å². The number of nitrogens with one attached hydrogen (secondary N) is 1. The Morgan fingerprint density at radius 2 is 1.91 bits per heavy atom. The summed E-state index contributed by atoms with van der Waals surface area (Å²) in [6.45, 7) is 4.05. The average Bonchev–Trinajstić information content (AvgIpc) is 3.26. The number of aryl methyl sites for hydroxylation is 2. The Labute approximate surface area is 199 Å². The van der Waals surface area contributed by atoms with E-state index in [9.17, 15) is 10.0 Å². The van der Waals surface area contributed by atoms with Gasteiger partial charge in [-0.05, 0) is 54.8 Å². The highest BCUT2D eigenvalue weighted by Crippen LogP contribution is 2.33. The van der Waals surface area contributed by atoms with E-state index in [1.165, 1.54) is 11.3 Å². The fourth-order valence-corrected chi connectivity index (χ4v) is 4.98. The van der Waals surface area contributed by atoms with Crippen molar-refractivity contribution in [3.05, 3.63) is 93.0 Å². The van der Waals surface area contributed by atoms with Gasteiger partial charge < -0.3 is 14.4 Å². The van der Waals surface area contributed by atoms with Crippen molar-refractivity contribution in [2.45, 2.75) is 26.9 Å². The zero-order valence-electron chi connectivity index (χ0n) is 18.6. The van der Waals surface area contributed by atoms with Gasteiger partial charge in [0.2, 0.25) is 5.43 Å². The first-order valence-electron chi connectivity index (χ1n) is 10.9. The lowest BCUT2D eigenvalue weighted by Gasteiger charge is -2.14. The molecule has 34 heavy (non-hydrogen) atoms. The fourth-order valence-electron chi connectivity index (χ4n) is 3.92. The number of ether oxygens (including phenoxy) is 1. The lowest BCUT2D eigenvalue weighted by atomic mass is 10.1. The van der Waals surface area contributed by atoms with Crippen molar-refractivity contribution in [3.8, 4) is 16.3 Å². The van der Waals surface area contributed by atoms with Gasteiger partial charge in [-0.3, -0.25) is 4.79 Å². The SMILES string of the molecule is CCc1cc2c(=O)c(-c3nc4ccccc4s3)c(C)oc2cc1OCc1ccc([NH+]([O-])O)cc1. The van der Waals surface area contributed by atoms with Crippen LogP contribution in [0.3, 0.4) is 0 Å². The number of hydrogen-bond acceptors (Lipinski definition) is 7. The van der Waals surface area contributed by atoms with Gasteiger partial charge in [0.25, 0.3) is 0 Å². The summed E-state index contributed by atoms with van der Waals surface area (Å²) in [6.07, 6.45) is 0.674. The van der Waals surface area contributed by atoms with Crippen LogP contribution in [-0.2, 0) is 13.0 Å². The minimum atomic E-state index is -0.967. The second kappa shape index (κ2) is 9.00. The van der Waals surface area contributed by atoms with Gasteiger partial charge in [-0.1, -0.05) is 19.1 Å². The van der Waals surface area contributed by atoms with Gasteiger partial charge in [-0.15, -0.1) is 11.3 Å². The predicted octanol–water partition coefficient (Wildman–Crippen LogP) is 4.92. The number of aromatic nitrogens is 1. The van der Waals surface area contributed by atoms with E-state index in [1.54, 1.807) is 37.3 Å². The maximum Gasteiger partial charge on any atom is 0.203 e. The average molecular weight is 475 g/mol. The second-order valence-corrected chi connectivity index (χ2v) is 8.98. The van der Waals surface area contributed by atoms with Crippen molar-refractivity contribution in [1.29, 1.82) is 0 Å². The number of thiazole rings is 1. The number of rotatable bonds is 6. The molecular formula is C26H22N2O5S. The first kappa shape index (κ1) is 22.2. The van der Waals surface area contributed by atoms with E-state index in [4.69, 9.17) is 14.4 Å². The van der Waals surface area contributed by atoms with E-state index in [-0.39, 0.29) is 17.7 Å². The van der Waals surface area contributed by atoms with Crippen LogP contribution < -0.4 is 15.4 Å². The largest absolute Gasteiger partial charge is 0.595 e. The molecule has 7 nitrogen and oxygen atoms in total. The fraction of sp³-hybridized carbons (Fsp3) is 0.154. The lowest BCUT2D eigenvalue weighted by molar-refractivity contribution is -0.991. The molecule has 0 saturated carbocycles. The molecule has 8 heteroatoms. The zero-order valence-corrected chi connectivity index (χ0v) is 19.4. The smallest absolute Gasteiger partial charge is 0.203 e. The molecule has 0 aliphatic rings. The monoisotopic (exact) mass is 474 g/mol. The third-order valence-corrected chi connectivity index (χ3v) is 6.79. The van der Waals surface area contributed by atoms with Crippen molar-refractivity contribution >= 4 is 38.2 Å². The maximum atomic E-state index is 13.5. The topological polar surface area (TPSA) is 100 Å². The number of nitrogens with zero attached hydrogens (tertiary/aromatic N) is 1. The van der Waals surface area contributed by atoms with Gasteiger partial charge in [0, 0.05) is 18.2 Å². The molecule has 1 atom stereocenters. The molecule has 0 saturated heterocycles. The van der Waals surface area contributed by atoms with Crippen molar-refractivity contribution in [2.24, 2.45) is 0 Å². The molecule has 0 bridgehead atoms. The van der Waals surface area contributed by atoms with Gasteiger partial charge in [0.05, 0.1) is 21.2 Å². The molecule has 0 aliphatic carbocycles. The van der Waals surface area contributed by atoms with E-state index in [0.717, 1.165) is 21.3 Å². The highest BCUT2D eigenvalue weighted by molar-refractivity contribution is 7.21. The van der Waals surface area contributed by atoms with Gasteiger partial charge in [0.1, 0.15) is 28.7 Å². The molecule has 2 N–H and O–H groups in total. The van der Waals surface area contributed by atoms with Gasteiger partial charge in [-0.25, -0.2) is 10.2 Å². The molecule has 2 heterocycles. The van der Waals surface area contributed by atoms with E-state index in [1.807, 2.05) is 37.3 Å². The quantitative estimate of drug-likeness (QED) is 0.339. The minimum absolute atomic E-state index is 0.108. The Morgan fingerprint density at radius 3 is 2.62 bits per heavy atom. The molecule has 0 spiro atoms. The zero-order chi connectivity index (χ0) is 23.8. The van der Waals surface area contributed by atoms with Gasteiger partial charge in [0.15, 0.2) is 5.69 Å². The summed E-state index contributed by atoms with van der Waals surface area (Å²) in [6, 6.07) is 17.9. The van der Waals surface area contributed by atoms with Crippen LogP contribution in [0.1, 0.15) is 23.8 Å². The molecule has 0 amide bonds. The van der Waals surface area contributed by atoms with E-state index < -0.39 is 5.23 Å². The van der Waals surface area contributed by atoms with Crippen molar-refractivity contribution in [1.82, 2.24) is 4.98 Å². The normalized spacial score (nSPS) is 12.4. The lowest BCUT2D eigenvalue weighted by Crippen LogP contribution is -2.99. The molecule has 3 aromatic carbocycles. The van der Waals surface area contributed by atoms with Gasteiger partial charge >= 0.3 is 0 Å². The summed E-state index contributed by atoms with van der Waals surface area (Å²) in [4.78, 5) is 18.1. The molecule has 0 radical (unpaired) electrons. The first-order valence-corrected chi connectivity index (χ1v) is 11.7. The van der Waals surface area contributed by atoms with Crippen molar-refractivity contribution in [2.75, 3.05) is 0 Å². The molecule has 0 fully saturated rings. The third-order valence-electron chi connectivity index (χ3n) is 5.73. The van der Waals surface area contributed by atoms with Crippen LogP contribution in [0.2, 0.25) is 0 Å². The first-order chi connectivity index (χ1) is 16.4. The van der Waals surface area contributed by atoms with Crippen LogP contribution in [0.25, 0.3) is 31.8 Å². The molecule has 0 aliphatic heterocycles. The molecule has 5 aromatic rings. The Balaban J connectivity index is 1.52. The molecule has 1 unspecified atom stereocenters. The Hall–Kier alpha value is -3.56. The Bertz CT molecular complexity index is 1520. The number of fused-ring (bicyclic) bond motifs is 2. The van der Waals surface area contributed by atoms with E-state index in [2.05, 4.69) is 4.98 Å². The summed E-state index contributed by atoms with van der Waals surface area (Å²) >= 11 is 1.48. The molecule has 5 rings (SSSR count). The van der Waals surface area contributed by atoms with Crippen LogP contribution in [0.5, 0.6) is 5.75 Å². The number of quaternary nitrogens is 1. The van der Waals surface area contributed by atoms with Crippen LogP contribution >= 0.6 is 11.3 Å². The summed E-state index contributed by atoms with van der Waals surface area (Å²) in [7, 11) is 0. The van der Waals surface area contributed by atoms with E-state index in [0.29, 0.717) is 39.5 Å². The molecule has 172 valence electrons. The highest BCUT2D eigenvalue weighted by atomic mass is 32.1. The Morgan fingerprint density at radius 1 is 1.15 bits per heavy atom. The molecular weight excluding hydrogens is 452 g/mol. The Kier molecular flexibility index (Phi) is 5.89. The highest BCUT2D eigenvalue weighted by Gasteiger charge is 2.19. The number of benzene rings is 3. The standard InChI is InChI=1S/C26H22N2O5S/c1-3-17-12-19-22(13-21(17)32-14-16-8-10-18(11-9-16)28(30)31)33-15(2)24(25(19)29)26-27-20-6-4-5-7-23(20)34-26/h4-13,28,30H,3,14H2,1-2H3. The summed E-state index contributed by atoms with van der Waals surface area (Å²) in [5.41, 5.74) is 3.66. The summed E-state index contributed by atoms with van der Waals surface area (Å²) in [5, 5.41) is 20.3. The predicted molar refractivity (Wildman–Crippen MR) is 132 cm³/mol. The third kappa shape index (κ3) is 4.08. The maximum absolute atomic E-state index is 13.5. The minimum Gasteiger partial charge on any atom is -0.595 e. The summed E-state index contributed by atoms with van der Waals surface area (Å²) in [5.74, 6) is 1.14. The second-order valence-electron chi connectivity index (χ2n) is 7.95. The van der Waals surface area contributed by atoms with Crippen LogP contribution in [0.4, 0.5) is 5.69 Å². The van der Waals surface area contributed by atoms with Crippen LogP contribution in [0.15, 0.2) is 69.9 Å². The van der Waals surface area contributed by atoms with Gasteiger partial charge in [-0.2, -0.15) is 5.23 Å². The van der Waals surface area contributed by atoms with E-state index >= 15 is 0 Å². The molecule has 2 aromatic heterocycles. The van der Waals surface area contributed by atoms with Crippen molar-refractivity contribution in [3.63, 3.8) is 0 Å².